The summed E-state index contributed by atoms with van der Waals surface area (Å²) < 4.78 is 66.5. The Bertz CT molecular complexity index is 2420. The highest BCUT2D eigenvalue weighted by Gasteiger charge is 2.31. The molecule has 0 radical (unpaired) electrons. The molecule has 0 aromatic heterocycles. The van der Waals surface area contributed by atoms with Crippen LogP contribution in [0.25, 0.3) is 0 Å². The van der Waals surface area contributed by atoms with Crippen molar-refractivity contribution < 1.29 is 46.1 Å². The molecule has 0 fully saturated rings. The van der Waals surface area contributed by atoms with Gasteiger partial charge in [-0.05, 0) is 121 Å². The van der Waals surface area contributed by atoms with E-state index in [2.05, 4.69) is 19.8 Å². The van der Waals surface area contributed by atoms with Gasteiger partial charge in [0.15, 0.2) is 21.7 Å². The van der Waals surface area contributed by atoms with Crippen molar-refractivity contribution in [2.45, 2.75) is 73.1 Å². The maximum atomic E-state index is 13.3. The zero-order valence-electron chi connectivity index (χ0n) is 37.1. The van der Waals surface area contributed by atoms with Gasteiger partial charge in [0.05, 0.1) is 28.8 Å². The Morgan fingerprint density at radius 2 is 1.29 bits per heavy atom. The number of hydrogen-bond donors (Lipinski definition) is 4. The quantitative estimate of drug-likeness (QED) is 0.0728. The Morgan fingerprint density at radius 3 is 1.97 bits per heavy atom. The number of aliphatic hydroxyl groups excluding tert-OH is 2. The summed E-state index contributed by atoms with van der Waals surface area (Å²) in [6, 6.07) is 21.2. The highest BCUT2D eigenvalue weighted by molar-refractivity contribution is 7.91. The lowest BCUT2D eigenvalue weighted by atomic mass is 9.83. The van der Waals surface area contributed by atoms with Crippen LogP contribution in [0.15, 0.2) is 82.6 Å². The summed E-state index contributed by atoms with van der Waals surface area (Å²) in [5, 5.41) is 24.7. The molecule has 0 saturated heterocycles. The van der Waals surface area contributed by atoms with Crippen molar-refractivity contribution in [3.05, 3.63) is 127 Å². The molecule has 2 aliphatic rings. The molecular formula is C47H57Cl3N4O10S2. The van der Waals surface area contributed by atoms with Crippen molar-refractivity contribution in [2.24, 2.45) is 0 Å². The van der Waals surface area contributed by atoms with Gasteiger partial charge in [-0.2, -0.15) is 0 Å². The average molecular weight is 1010 g/mol. The van der Waals surface area contributed by atoms with E-state index in [9.17, 15) is 36.6 Å². The fraction of sp³-hybridized carbons (Fsp3) is 0.447. The molecule has 0 aliphatic carbocycles. The van der Waals surface area contributed by atoms with Gasteiger partial charge in [0, 0.05) is 85.8 Å². The van der Waals surface area contributed by atoms with E-state index < -0.39 is 43.8 Å². The van der Waals surface area contributed by atoms with Crippen LogP contribution in [0, 0.1) is 6.92 Å². The lowest BCUT2D eigenvalue weighted by Gasteiger charge is -2.34. The zero-order chi connectivity index (χ0) is 47.8. The lowest BCUT2D eigenvalue weighted by Crippen LogP contribution is -2.46. The number of hydrogen-bond acceptors (Lipinski definition) is 12. The van der Waals surface area contributed by atoms with Crippen LogP contribution in [0.3, 0.4) is 0 Å². The van der Waals surface area contributed by atoms with Crippen LogP contribution in [0.1, 0.15) is 70.0 Å². The second-order valence-electron chi connectivity index (χ2n) is 16.9. The van der Waals surface area contributed by atoms with Gasteiger partial charge in [0.2, 0.25) is 10.0 Å². The molecular weight excluding hydrogens is 951 g/mol. The smallest absolute Gasteiger partial charge is 0.252 e. The van der Waals surface area contributed by atoms with Gasteiger partial charge in [-0.1, -0.05) is 59.1 Å². The number of sulfone groups is 1. The number of sulfonamides is 1. The number of likely N-dealkylation sites (N-methyl/N-ethyl adjacent to an activating group) is 2. The minimum absolute atomic E-state index is 0.0213. The molecule has 0 saturated carbocycles. The Morgan fingerprint density at radius 1 is 0.727 bits per heavy atom. The number of aryl methyl sites for hydroxylation is 1. The van der Waals surface area contributed by atoms with Crippen molar-refractivity contribution in [3.8, 4) is 0 Å². The third-order valence-corrected chi connectivity index (χ3v) is 15.9. The first-order valence-electron chi connectivity index (χ1n) is 21.7. The number of aliphatic hydroxyl groups is 2. The molecule has 66 heavy (non-hydrogen) atoms. The van der Waals surface area contributed by atoms with Crippen LogP contribution in [0.2, 0.25) is 15.1 Å². The molecule has 0 bridgehead atoms. The number of halogens is 3. The number of nitrogens with zero attached hydrogens (tertiary/aromatic N) is 2. The predicted octanol–water partition coefficient (Wildman–Crippen LogP) is 5.47. The number of carbonyl (C=O) groups is 2. The number of Topliss-reactive ketones (excluding diaryl/α,β-unsaturated/α-hetero) is 1. The third kappa shape index (κ3) is 13.4. The number of rotatable bonds is 22. The fourth-order valence-corrected chi connectivity index (χ4v) is 11.7. The van der Waals surface area contributed by atoms with E-state index >= 15 is 0 Å². The average Bonchev–Trinajstić information content (AvgIpc) is 3.27. The largest absolute Gasteiger partial charge is 0.382 e. The van der Waals surface area contributed by atoms with E-state index in [1.54, 1.807) is 36.4 Å². The molecule has 2 aliphatic heterocycles. The standard InChI is InChI=1S/C47H57Cl3N4O10S2/c1-30-20-33(48)23-37-39(30)26-53(2)27-40(37)31-8-4-10-35(21-31)65(59,60)19-7-16-63-15-6-12-44(55)45(56)46(57)47(58)51-13-17-64-18-14-52-66(61,62)36-11-5-9-32(22-36)41-28-54(3)29-42-38(41)24-34(49)25-43(42)50/h4-5,8-11,20-25,40-41,45-46,52,56-57H,6-7,12-19,26-29H2,1-3H3,(H,51,58). The van der Waals surface area contributed by atoms with Crippen molar-refractivity contribution in [3.63, 3.8) is 0 Å². The van der Waals surface area contributed by atoms with Crippen molar-refractivity contribution in [1.82, 2.24) is 19.8 Å². The van der Waals surface area contributed by atoms with Crippen LogP contribution in [-0.4, -0.2) is 133 Å². The number of nitrogens with one attached hydrogen (secondary N) is 2. The molecule has 4 aromatic carbocycles. The summed E-state index contributed by atoms with van der Waals surface area (Å²) in [6.45, 7) is 4.90. The first-order valence-corrected chi connectivity index (χ1v) is 26.0. The number of carbonyl (C=O) groups excluding carboxylic acids is 2. The van der Waals surface area contributed by atoms with Gasteiger partial charge in [-0.15, -0.1) is 0 Å². The van der Waals surface area contributed by atoms with Crippen LogP contribution in [0.4, 0.5) is 0 Å². The molecule has 14 nitrogen and oxygen atoms in total. The molecule has 4 unspecified atom stereocenters. The Labute approximate surface area is 402 Å². The van der Waals surface area contributed by atoms with E-state index in [1.807, 2.05) is 51.4 Å². The van der Waals surface area contributed by atoms with Gasteiger partial charge >= 0.3 is 0 Å². The van der Waals surface area contributed by atoms with E-state index in [0.29, 0.717) is 28.2 Å². The highest BCUT2D eigenvalue weighted by Crippen LogP contribution is 2.40. The summed E-state index contributed by atoms with van der Waals surface area (Å²) in [7, 11) is -3.50. The molecule has 4 aromatic rings. The van der Waals surface area contributed by atoms with Gasteiger partial charge < -0.3 is 34.8 Å². The third-order valence-electron chi connectivity index (χ3n) is 11.8. The molecule has 4 atom stereocenters. The number of benzene rings is 4. The van der Waals surface area contributed by atoms with Crippen LogP contribution >= 0.6 is 34.8 Å². The summed E-state index contributed by atoms with van der Waals surface area (Å²) in [5.41, 5.74) is 7.02. The van der Waals surface area contributed by atoms with E-state index in [0.717, 1.165) is 46.5 Å². The van der Waals surface area contributed by atoms with E-state index in [1.165, 1.54) is 11.6 Å². The van der Waals surface area contributed by atoms with Gasteiger partial charge in [0.1, 0.15) is 6.10 Å². The highest BCUT2D eigenvalue weighted by atomic mass is 35.5. The monoisotopic (exact) mass is 1010 g/mol. The summed E-state index contributed by atoms with van der Waals surface area (Å²) in [6.07, 6.45) is -3.76. The summed E-state index contributed by atoms with van der Waals surface area (Å²) >= 11 is 19.2. The number of ether oxygens (including phenoxy) is 2. The molecule has 1 amide bonds. The zero-order valence-corrected chi connectivity index (χ0v) is 41.0. The number of ketones is 1. The maximum Gasteiger partial charge on any atom is 0.252 e. The fourth-order valence-electron chi connectivity index (χ4n) is 8.48. The van der Waals surface area contributed by atoms with Gasteiger partial charge in [-0.3, -0.25) is 9.59 Å². The first kappa shape index (κ1) is 51.9. The Kier molecular flexibility index (Phi) is 18.2. The van der Waals surface area contributed by atoms with Crippen LogP contribution in [-0.2, 0) is 52.0 Å². The lowest BCUT2D eigenvalue weighted by molar-refractivity contribution is -0.145. The minimum Gasteiger partial charge on any atom is -0.382 e. The van der Waals surface area contributed by atoms with Crippen molar-refractivity contribution in [1.29, 1.82) is 0 Å². The SMILES string of the molecule is Cc1cc(Cl)cc2c1CN(C)CC2c1cccc(S(=O)(=O)CCCOCCCC(=O)C(O)C(O)C(=O)NCCOCCNS(=O)(=O)c2cccc(C3CN(C)Cc4c(Cl)cc(Cl)cc43)c2)c1. The van der Waals surface area contributed by atoms with Crippen molar-refractivity contribution >= 4 is 66.4 Å². The second kappa shape index (κ2) is 23.2. The molecule has 4 N–H and O–H groups in total. The Balaban J connectivity index is 0.846. The maximum absolute atomic E-state index is 13.3. The van der Waals surface area contributed by atoms with E-state index in [4.69, 9.17) is 44.3 Å². The number of amides is 1. The Hall–Kier alpha value is -3.49. The van der Waals surface area contributed by atoms with Crippen LogP contribution in [0.5, 0.6) is 0 Å². The predicted molar refractivity (Wildman–Crippen MR) is 255 cm³/mol. The van der Waals surface area contributed by atoms with Gasteiger partial charge in [-0.25, -0.2) is 21.6 Å². The second-order valence-corrected chi connectivity index (χ2v) is 22.1. The van der Waals surface area contributed by atoms with Crippen molar-refractivity contribution in [2.75, 3.05) is 72.5 Å². The summed E-state index contributed by atoms with van der Waals surface area (Å²) in [5.74, 6) is -2.05. The molecule has 6 rings (SSSR count). The minimum atomic E-state index is -3.90. The topological polar surface area (TPSA) is 192 Å². The van der Waals surface area contributed by atoms with E-state index in [-0.39, 0.29) is 86.2 Å². The van der Waals surface area contributed by atoms with Crippen LogP contribution < -0.4 is 10.0 Å². The molecule has 19 heteroatoms. The normalized spacial score (nSPS) is 17.8. The first-order chi connectivity index (χ1) is 31.3. The van der Waals surface area contributed by atoms with Gasteiger partial charge in [0.25, 0.3) is 5.91 Å². The molecule has 358 valence electrons. The number of fused-ring (bicyclic) bond motifs is 2. The molecule has 2 heterocycles. The molecule has 0 spiro atoms. The summed E-state index contributed by atoms with van der Waals surface area (Å²) in [4.78, 5) is 29.6.